The average Bonchev–Trinajstić information content (AvgIpc) is 2.97. The van der Waals surface area contributed by atoms with Crippen LogP contribution in [0.3, 0.4) is 0 Å². The highest BCUT2D eigenvalue weighted by Crippen LogP contribution is 2.43. The van der Waals surface area contributed by atoms with Crippen LogP contribution in [0.1, 0.15) is 23.2 Å². The summed E-state index contributed by atoms with van der Waals surface area (Å²) in [6.45, 7) is 3.52. The van der Waals surface area contributed by atoms with Gasteiger partial charge >= 0.3 is 0 Å². The topological polar surface area (TPSA) is 49.6 Å². The van der Waals surface area contributed by atoms with Crippen molar-refractivity contribution in [3.05, 3.63) is 35.2 Å². The van der Waals surface area contributed by atoms with Gasteiger partial charge in [-0.15, -0.1) is 0 Å². The molecule has 6 heteroatoms. The van der Waals surface area contributed by atoms with E-state index in [1.165, 1.54) is 19.4 Å². The van der Waals surface area contributed by atoms with E-state index in [1.54, 1.807) is 22.9 Å². The molecule has 0 unspecified atom stereocenters. The summed E-state index contributed by atoms with van der Waals surface area (Å²) in [6, 6.07) is 2.02. The molecular formula is C17H19ClN4O. The van der Waals surface area contributed by atoms with Crippen molar-refractivity contribution < 1.29 is 4.79 Å². The van der Waals surface area contributed by atoms with Gasteiger partial charge in [0.2, 0.25) is 0 Å². The van der Waals surface area contributed by atoms with E-state index in [0.29, 0.717) is 34.1 Å². The van der Waals surface area contributed by atoms with Crippen molar-refractivity contribution in [2.45, 2.75) is 18.9 Å². The number of hydrogen-bond acceptors (Lipinski definition) is 3. The van der Waals surface area contributed by atoms with Crippen LogP contribution in [0.25, 0.3) is 5.65 Å². The van der Waals surface area contributed by atoms with E-state index in [-0.39, 0.29) is 5.91 Å². The molecule has 4 bridgehead atoms. The number of aromatic nitrogens is 2. The van der Waals surface area contributed by atoms with Crippen LogP contribution in [0.15, 0.2) is 24.7 Å². The van der Waals surface area contributed by atoms with Crippen molar-refractivity contribution >= 4 is 23.2 Å². The fourth-order valence-electron chi connectivity index (χ4n) is 5.04. The summed E-state index contributed by atoms with van der Waals surface area (Å²) < 4.78 is 1.81. The highest BCUT2D eigenvalue weighted by atomic mass is 35.5. The fraction of sp³-hybridized carbons (Fsp3) is 0.529. The van der Waals surface area contributed by atoms with Crippen LogP contribution >= 0.6 is 11.6 Å². The zero-order valence-electron chi connectivity index (χ0n) is 12.8. The number of carbonyl (C=O) groups excluding carboxylic acids is 1. The summed E-state index contributed by atoms with van der Waals surface area (Å²) in [5.74, 6) is 1.99. The van der Waals surface area contributed by atoms with E-state index in [2.05, 4.69) is 15.2 Å². The molecular weight excluding hydrogens is 312 g/mol. The predicted octanol–water partition coefficient (Wildman–Crippen LogP) is 2.06. The van der Waals surface area contributed by atoms with Crippen molar-refractivity contribution in [2.75, 3.05) is 19.6 Å². The molecule has 3 aliphatic heterocycles. The molecule has 3 saturated heterocycles. The molecule has 5 heterocycles. The number of rotatable bonds is 2. The van der Waals surface area contributed by atoms with Crippen molar-refractivity contribution in [3.8, 4) is 0 Å². The SMILES string of the molecule is O=C(NC1[C@H]2CC3C[C@H]1CN(C3)C2)c1cc(Cl)cn2ccnc12. The van der Waals surface area contributed by atoms with Gasteiger partial charge in [-0.25, -0.2) is 4.98 Å². The molecule has 1 saturated carbocycles. The number of hydrogen-bond donors (Lipinski definition) is 1. The first-order chi connectivity index (χ1) is 11.2. The summed E-state index contributed by atoms with van der Waals surface area (Å²) >= 11 is 6.15. The molecule has 2 aromatic rings. The summed E-state index contributed by atoms with van der Waals surface area (Å²) in [4.78, 5) is 19.7. The van der Waals surface area contributed by atoms with Gasteiger partial charge < -0.3 is 14.6 Å². The number of amides is 1. The van der Waals surface area contributed by atoms with Crippen LogP contribution in [0.4, 0.5) is 0 Å². The van der Waals surface area contributed by atoms with Gasteiger partial charge in [0.25, 0.3) is 5.91 Å². The molecule has 0 aromatic carbocycles. The monoisotopic (exact) mass is 330 g/mol. The van der Waals surface area contributed by atoms with E-state index in [9.17, 15) is 4.79 Å². The van der Waals surface area contributed by atoms with E-state index >= 15 is 0 Å². The Bertz CT molecular complexity index is 758. The molecule has 6 rings (SSSR count). The second kappa shape index (κ2) is 4.95. The Hall–Kier alpha value is -1.59. The molecule has 2 aromatic heterocycles. The fourth-order valence-corrected chi connectivity index (χ4v) is 5.25. The lowest BCUT2D eigenvalue weighted by atomic mass is 9.65. The normalized spacial score (nSPS) is 34.9. The summed E-state index contributed by atoms with van der Waals surface area (Å²) in [5, 5.41) is 3.86. The van der Waals surface area contributed by atoms with Crippen molar-refractivity contribution in [1.82, 2.24) is 19.6 Å². The first-order valence-corrected chi connectivity index (χ1v) is 8.70. The molecule has 1 aliphatic carbocycles. The molecule has 1 N–H and O–H groups in total. The lowest BCUT2D eigenvalue weighted by Gasteiger charge is -2.55. The number of piperidine rings is 3. The minimum Gasteiger partial charge on any atom is -0.349 e. The van der Waals surface area contributed by atoms with Gasteiger partial charge in [-0.1, -0.05) is 11.6 Å². The Morgan fingerprint density at radius 1 is 1.26 bits per heavy atom. The van der Waals surface area contributed by atoms with Crippen LogP contribution in [-0.2, 0) is 0 Å². The highest BCUT2D eigenvalue weighted by molar-refractivity contribution is 6.31. The Morgan fingerprint density at radius 2 is 2.04 bits per heavy atom. The number of nitrogens with one attached hydrogen (secondary N) is 1. The van der Waals surface area contributed by atoms with Gasteiger partial charge in [0.15, 0.2) is 0 Å². The third-order valence-corrected chi connectivity index (χ3v) is 5.99. The molecule has 0 spiro atoms. The van der Waals surface area contributed by atoms with Crippen molar-refractivity contribution in [1.29, 1.82) is 0 Å². The number of pyridine rings is 1. The van der Waals surface area contributed by atoms with E-state index in [4.69, 9.17) is 11.6 Å². The Labute approximate surface area is 139 Å². The van der Waals surface area contributed by atoms with Gasteiger partial charge in [-0.2, -0.15) is 0 Å². The number of carbonyl (C=O) groups is 1. The first-order valence-electron chi connectivity index (χ1n) is 8.33. The molecule has 23 heavy (non-hydrogen) atoms. The van der Waals surface area contributed by atoms with Crippen LogP contribution in [0.2, 0.25) is 5.02 Å². The van der Waals surface area contributed by atoms with Gasteiger partial charge in [0, 0.05) is 44.3 Å². The van der Waals surface area contributed by atoms with Gasteiger partial charge in [0.1, 0.15) is 5.65 Å². The summed E-state index contributed by atoms with van der Waals surface area (Å²) in [5.41, 5.74) is 1.23. The molecule has 0 radical (unpaired) electrons. The quantitative estimate of drug-likeness (QED) is 0.917. The average molecular weight is 331 g/mol. The second-order valence-electron chi connectivity index (χ2n) is 7.31. The standard InChI is InChI=1S/C17H19ClN4O/c18-13-5-14(16-19-1-2-22(16)9-13)17(23)20-15-11-3-10-4-12(15)8-21(6-10)7-11/h1-2,5,9-12,15H,3-4,6-8H2,(H,20,23)/t10?,11-,12-,15?/m0/s1. The first kappa shape index (κ1) is 13.8. The van der Waals surface area contributed by atoms with Crippen molar-refractivity contribution in [3.63, 3.8) is 0 Å². The van der Waals surface area contributed by atoms with E-state index in [1.807, 2.05) is 6.20 Å². The molecule has 5 nitrogen and oxygen atoms in total. The smallest absolute Gasteiger partial charge is 0.255 e. The third-order valence-electron chi connectivity index (χ3n) is 5.79. The van der Waals surface area contributed by atoms with Crippen LogP contribution in [-0.4, -0.2) is 45.9 Å². The molecule has 2 atom stereocenters. The van der Waals surface area contributed by atoms with Crippen molar-refractivity contribution in [2.24, 2.45) is 17.8 Å². The zero-order valence-corrected chi connectivity index (χ0v) is 13.5. The number of nitrogens with zero attached hydrogens (tertiary/aromatic N) is 3. The molecule has 1 amide bonds. The molecule has 4 aliphatic rings. The largest absolute Gasteiger partial charge is 0.349 e. The Morgan fingerprint density at radius 3 is 2.78 bits per heavy atom. The lowest BCUT2D eigenvalue weighted by molar-refractivity contribution is -0.0418. The Balaban J connectivity index is 1.44. The minimum atomic E-state index is -0.0452. The van der Waals surface area contributed by atoms with Crippen LogP contribution in [0, 0.1) is 17.8 Å². The van der Waals surface area contributed by atoms with Gasteiger partial charge in [-0.05, 0) is 36.7 Å². The maximum Gasteiger partial charge on any atom is 0.255 e. The van der Waals surface area contributed by atoms with Gasteiger partial charge in [0.05, 0.1) is 10.6 Å². The highest BCUT2D eigenvalue weighted by Gasteiger charge is 2.47. The molecule has 120 valence electrons. The predicted molar refractivity (Wildman–Crippen MR) is 87.6 cm³/mol. The van der Waals surface area contributed by atoms with Crippen LogP contribution in [0.5, 0.6) is 0 Å². The molecule has 4 fully saturated rings. The minimum absolute atomic E-state index is 0.0452. The summed E-state index contributed by atoms with van der Waals surface area (Å²) in [7, 11) is 0. The maximum atomic E-state index is 12.9. The second-order valence-corrected chi connectivity index (χ2v) is 7.74. The Kier molecular flexibility index (Phi) is 2.97. The third kappa shape index (κ3) is 2.17. The number of fused-ring (bicyclic) bond motifs is 1. The van der Waals surface area contributed by atoms with E-state index < -0.39 is 0 Å². The number of halogens is 1. The number of imidazole rings is 1. The maximum absolute atomic E-state index is 12.9. The van der Waals surface area contributed by atoms with E-state index in [0.717, 1.165) is 19.0 Å². The zero-order chi connectivity index (χ0) is 15.6. The summed E-state index contributed by atoms with van der Waals surface area (Å²) in [6.07, 6.45) is 7.79. The van der Waals surface area contributed by atoms with Gasteiger partial charge in [-0.3, -0.25) is 4.79 Å². The lowest BCUT2D eigenvalue weighted by Crippen LogP contribution is -2.64. The van der Waals surface area contributed by atoms with Crippen LogP contribution < -0.4 is 5.32 Å².